The predicted molar refractivity (Wildman–Crippen MR) is 64.5 cm³/mol. The topological polar surface area (TPSA) is 49.7 Å². The number of carbonyl (C=O) groups excluding carboxylic acids is 1. The molecule has 82 valence electrons. The average molecular weight is 225 g/mol. The lowest BCUT2D eigenvalue weighted by atomic mass is 10.1. The van der Waals surface area contributed by atoms with Gasteiger partial charge in [-0.1, -0.05) is 6.08 Å². The van der Waals surface area contributed by atoms with E-state index < -0.39 is 0 Å². The van der Waals surface area contributed by atoms with Crippen LogP contribution in [0.2, 0.25) is 0 Å². The van der Waals surface area contributed by atoms with Gasteiger partial charge in [-0.2, -0.15) is 0 Å². The standard InChI is InChI=1S/C7H10O.C4H5NOS/c1-6-4-2-3-5-7(6)8;6-2-4-1-5-3-7-4/h4-5,8H,2-3H2,1H3;2-4H,1H2. The highest BCUT2D eigenvalue weighted by atomic mass is 32.2. The largest absolute Gasteiger partial charge is 0.508 e. The van der Waals surface area contributed by atoms with Gasteiger partial charge in [-0.3, -0.25) is 4.99 Å². The minimum Gasteiger partial charge on any atom is -0.508 e. The Morgan fingerprint density at radius 2 is 2.27 bits per heavy atom. The fourth-order valence-corrected chi connectivity index (χ4v) is 1.74. The summed E-state index contributed by atoms with van der Waals surface area (Å²) in [4.78, 5) is 13.7. The summed E-state index contributed by atoms with van der Waals surface area (Å²) in [5.41, 5.74) is 2.73. The normalized spacial score (nSPS) is 23.7. The zero-order chi connectivity index (χ0) is 11.1. The van der Waals surface area contributed by atoms with Crippen LogP contribution in [0.3, 0.4) is 0 Å². The first kappa shape index (κ1) is 12.0. The smallest absolute Gasteiger partial charge is 0.135 e. The third kappa shape index (κ3) is 4.34. The Bertz CT molecular complexity index is 282. The van der Waals surface area contributed by atoms with E-state index in [1.54, 1.807) is 5.55 Å². The molecule has 4 heteroatoms. The second kappa shape index (κ2) is 6.45. The number of allylic oxidation sites excluding steroid dienone is 3. The van der Waals surface area contributed by atoms with Gasteiger partial charge in [0.25, 0.3) is 0 Å². The Morgan fingerprint density at radius 3 is 2.60 bits per heavy atom. The lowest BCUT2D eigenvalue weighted by molar-refractivity contribution is -0.107. The molecule has 1 aliphatic carbocycles. The average Bonchev–Trinajstić information content (AvgIpc) is 2.76. The number of aliphatic hydroxyl groups excluding tert-OH is 1. The highest BCUT2D eigenvalue weighted by Crippen LogP contribution is 2.14. The lowest BCUT2D eigenvalue weighted by Crippen LogP contribution is -2.01. The summed E-state index contributed by atoms with van der Waals surface area (Å²) in [6.45, 7) is 2.60. The van der Waals surface area contributed by atoms with Gasteiger partial charge in [0.05, 0.1) is 17.3 Å². The molecular weight excluding hydrogens is 210 g/mol. The van der Waals surface area contributed by atoms with Crippen molar-refractivity contribution in [3.63, 3.8) is 0 Å². The van der Waals surface area contributed by atoms with Gasteiger partial charge < -0.3 is 9.90 Å². The number of nitrogens with zero attached hydrogens (tertiary/aromatic N) is 1. The number of aldehydes is 1. The summed E-state index contributed by atoms with van der Waals surface area (Å²) in [5, 5.41) is 9.08. The third-order valence-electron chi connectivity index (χ3n) is 2.11. The summed E-state index contributed by atoms with van der Waals surface area (Å²) in [6.07, 6.45) is 6.90. The molecule has 0 saturated heterocycles. The van der Waals surface area contributed by atoms with Crippen molar-refractivity contribution in [2.45, 2.75) is 25.0 Å². The van der Waals surface area contributed by atoms with Crippen LogP contribution in [0.4, 0.5) is 0 Å². The van der Waals surface area contributed by atoms with Crippen molar-refractivity contribution >= 4 is 23.6 Å². The van der Waals surface area contributed by atoms with Gasteiger partial charge in [0, 0.05) is 0 Å². The number of hydrogen-bond donors (Lipinski definition) is 1. The molecule has 1 N–H and O–H groups in total. The minimum absolute atomic E-state index is 0.111. The Balaban J connectivity index is 0.000000151. The van der Waals surface area contributed by atoms with Crippen molar-refractivity contribution < 1.29 is 9.90 Å². The van der Waals surface area contributed by atoms with Crippen LogP contribution in [0.5, 0.6) is 0 Å². The molecule has 2 aliphatic rings. The molecule has 1 atom stereocenters. The van der Waals surface area contributed by atoms with Crippen molar-refractivity contribution in [1.82, 2.24) is 0 Å². The van der Waals surface area contributed by atoms with Crippen LogP contribution in [0.25, 0.3) is 0 Å². The molecule has 1 heterocycles. The fourth-order valence-electron chi connectivity index (χ4n) is 1.17. The first-order valence-electron chi connectivity index (χ1n) is 4.89. The number of aliphatic hydroxyl groups is 1. The Labute approximate surface area is 94.0 Å². The van der Waals surface area contributed by atoms with Crippen molar-refractivity contribution in [2.75, 3.05) is 6.54 Å². The molecule has 3 nitrogen and oxygen atoms in total. The van der Waals surface area contributed by atoms with Gasteiger partial charge in [-0.25, -0.2) is 0 Å². The van der Waals surface area contributed by atoms with E-state index in [2.05, 4.69) is 11.1 Å². The summed E-state index contributed by atoms with van der Waals surface area (Å²) in [7, 11) is 0. The van der Waals surface area contributed by atoms with Crippen molar-refractivity contribution in [2.24, 2.45) is 4.99 Å². The van der Waals surface area contributed by atoms with Gasteiger partial charge in [0.15, 0.2) is 0 Å². The Kier molecular flexibility index (Phi) is 5.18. The maximum absolute atomic E-state index is 9.91. The van der Waals surface area contributed by atoms with E-state index in [-0.39, 0.29) is 5.25 Å². The van der Waals surface area contributed by atoms with E-state index in [4.69, 9.17) is 5.11 Å². The Hall–Kier alpha value is -1.03. The number of aliphatic imine (C=N–C) groups is 1. The molecule has 1 aliphatic heterocycles. The second-order valence-electron chi connectivity index (χ2n) is 3.34. The molecule has 0 spiro atoms. The maximum atomic E-state index is 9.91. The van der Waals surface area contributed by atoms with Gasteiger partial charge >= 0.3 is 0 Å². The molecule has 0 aromatic rings. The monoisotopic (exact) mass is 225 g/mol. The minimum atomic E-state index is 0.111. The van der Waals surface area contributed by atoms with Crippen LogP contribution in [-0.4, -0.2) is 28.7 Å². The molecule has 0 aromatic carbocycles. The van der Waals surface area contributed by atoms with Gasteiger partial charge in [-0.05, 0) is 31.4 Å². The van der Waals surface area contributed by atoms with Gasteiger partial charge in [0.1, 0.15) is 12.0 Å². The molecule has 0 amide bonds. The molecule has 0 aromatic heterocycles. The Morgan fingerprint density at radius 1 is 1.53 bits per heavy atom. The van der Waals surface area contributed by atoms with Crippen LogP contribution < -0.4 is 0 Å². The van der Waals surface area contributed by atoms with Crippen LogP contribution in [0.15, 0.2) is 28.5 Å². The maximum Gasteiger partial charge on any atom is 0.135 e. The van der Waals surface area contributed by atoms with Crippen LogP contribution in [0, 0.1) is 0 Å². The fraction of sp³-hybridized carbons (Fsp3) is 0.455. The van der Waals surface area contributed by atoms with Crippen LogP contribution in [-0.2, 0) is 4.79 Å². The number of hydrogen-bond acceptors (Lipinski definition) is 4. The molecule has 0 fully saturated rings. The SMILES string of the molecule is CC1=CCCC=C1O.O=CC1CN=CS1. The number of rotatable bonds is 1. The van der Waals surface area contributed by atoms with Crippen LogP contribution in [0.1, 0.15) is 19.8 Å². The van der Waals surface area contributed by atoms with Gasteiger partial charge in [0.2, 0.25) is 0 Å². The first-order valence-corrected chi connectivity index (χ1v) is 5.83. The number of carbonyl (C=O) groups is 1. The van der Waals surface area contributed by atoms with E-state index in [0.29, 0.717) is 12.3 Å². The highest BCUT2D eigenvalue weighted by molar-refractivity contribution is 8.13. The quantitative estimate of drug-likeness (QED) is 0.697. The summed E-state index contributed by atoms with van der Waals surface area (Å²) >= 11 is 1.48. The van der Waals surface area contributed by atoms with Crippen molar-refractivity contribution in [3.8, 4) is 0 Å². The summed E-state index contributed by atoms with van der Waals surface area (Å²) in [5.74, 6) is 0.455. The highest BCUT2D eigenvalue weighted by Gasteiger charge is 2.08. The number of thioether (sulfide) groups is 1. The molecule has 0 saturated carbocycles. The molecule has 2 rings (SSSR count). The molecule has 0 radical (unpaired) electrons. The molecule has 15 heavy (non-hydrogen) atoms. The lowest BCUT2D eigenvalue weighted by Gasteiger charge is -2.03. The predicted octanol–water partition coefficient (Wildman–Crippen LogP) is 2.50. The zero-order valence-corrected chi connectivity index (χ0v) is 9.54. The first-order chi connectivity index (χ1) is 7.24. The van der Waals surface area contributed by atoms with E-state index >= 15 is 0 Å². The van der Waals surface area contributed by atoms with Gasteiger partial charge in [-0.15, -0.1) is 11.8 Å². The van der Waals surface area contributed by atoms with E-state index in [0.717, 1.165) is 24.7 Å². The van der Waals surface area contributed by atoms with Crippen molar-refractivity contribution in [1.29, 1.82) is 0 Å². The zero-order valence-electron chi connectivity index (χ0n) is 8.72. The summed E-state index contributed by atoms with van der Waals surface area (Å²) in [6, 6.07) is 0. The van der Waals surface area contributed by atoms with E-state index in [1.807, 2.05) is 13.0 Å². The molecule has 0 bridgehead atoms. The molecule has 1 unspecified atom stereocenters. The van der Waals surface area contributed by atoms with E-state index in [1.165, 1.54) is 11.8 Å². The van der Waals surface area contributed by atoms with Crippen LogP contribution >= 0.6 is 11.8 Å². The molecular formula is C11H15NO2S. The third-order valence-corrected chi connectivity index (χ3v) is 2.99. The van der Waals surface area contributed by atoms with E-state index in [9.17, 15) is 4.79 Å². The second-order valence-corrected chi connectivity index (χ2v) is 4.42. The summed E-state index contributed by atoms with van der Waals surface area (Å²) < 4.78 is 0. The van der Waals surface area contributed by atoms with Crippen molar-refractivity contribution in [3.05, 3.63) is 23.5 Å².